The molecule has 5 nitrogen and oxygen atoms in total. The maximum absolute atomic E-state index is 13.9. The topological polar surface area (TPSA) is 55.3 Å². The summed E-state index contributed by atoms with van der Waals surface area (Å²) in [5.74, 6) is 1.94. The van der Waals surface area contributed by atoms with Crippen LogP contribution in [0.4, 0.5) is 0 Å². The van der Waals surface area contributed by atoms with Gasteiger partial charge in [-0.05, 0) is 56.9 Å². The van der Waals surface area contributed by atoms with Crippen LogP contribution in [0.15, 0.2) is 67.0 Å². The van der Waals surface area contributed by atoms with Crippen LogP contribution in [0.3, 0.4) is 0 Å². The quantitative estimate of drug-likeness (QED) is 0.596. The van der Waals surface area contributed by atoms with Gasteiger partial charge in [0.25, 0.3) is 5.91 Å². The smallest absolute Gasteiger partial charge is 0.255 e. The molecule has 2 aliphatic rings. The number of para-hydroxylation sites is 1. The molecule has 2 unspecified atom stereocenters. The maximum atomic E-state index is 13.9. The van der Waals surface area contributed by atoms with Crippen molar-refractivity contribution in [2.45, 2.75) is 44.7 Å². The van der Waals surface area contributed by atoms with E-state index in [1.165, 1.54) is 0 Å². The van der Waals surface area contributed by atoms with Gasteiger partial charge in [0.1, 0.15) is 5.75 Å². The monoisotopic (exact) mass is 413 g/mol. The second kappa shape index (κ2) is 8.50. The van der Waals surface area contributed by atoms with Crippen LogP contribution >= 0.6 is 0 Å². The molecule has 0 saturated carbocycles. The summed E-state index contributed by atoms with van der Waals surface area (Å²) in [6.45, 7) is 2.67. The molecule has 3 aromatic rings. The van der Waals surface area contributed by atoms with E-state index in [0.29, 0.717) is 30.0 Å². The van der Waals surface area contributed by atoms with Crippen molar-refractivity contribution >= 4 is 5.91 Å². The van der Waals surface area contributed by atoms with E-state index in [2.05, 4.69) is 14.9 Å². The summed E-state index contributed by atoms with van der Waals surface area (Å²) in [5.41, 5.74) is 2.57. The lowest BCUT2D eigenvalue weighted by atomic mass is 9.89. The van der Waals surface area contributed by atoms with Gasteiger partial charge in [0.05, 0.1) is 12.2 Å². The minimum absolute atomic E-state index is 0.100. The third-order valence-electron chi connectivity index (χ3n) is 6.62. The van der Waals surface area contributed by atoms with E-state index in [4.69, 9.17) is 4.74 Å². The molecule has 5 heteroatoms. The van der Waals surface area contributed by atoms with Gasteiger partial charge in [-0.15, -0.1) is 0 Å². The Morgan fingerprint density at radius 2 is 1.77 bits per heavy atom. The van der Waals surface area contributed by atoms with Crippen molar-refractivity contribution in [2.75, 3.05) is 6.61 Å². The van der Waals surface area contributed by atoms with Crippen molar-refractivity contribution in [1.82, 2.24) is 14.9 Å². The summed E-state index contributed by atoms with van der Waals surface area (Å²) in [7, 11) is 0. The lowest BCUT2D eigenvalue weighted by Crippen LogP contribution is -2.49. The summed E-state index contributed by atoms with van der Waals surface area (Å²) >= 11 is 0. The lowest BCUT2D eigenvalue weighted by molar-refractivity contribution is 0.0407. The van der Waals surface area contributed by atoms with Crippen LogP contribution in [-0.2, 0) is 0 Å². The molecular weight excluding hydrogens is 386 g/mol. The Bertz CT molecular complexity index is 1050. The molecule has 0 radical (unpaired) electrons. The largest absolute Gasteiger partial charge is 0.493 e. The Kier molecular flexibility index (Phi) is 5.41. The Hall–Kier alpha value is -3.21. The van der Waals surface area contributed by atoms with E-state index in [9.17, 15) is 4.79 Å². The van der Waals surface area contributed by atoms with Crippen molar-refractivity contribution in [3.8, 4) is 17.1 Å². The van der Waals surface area contributed by atoms with Crippen LogP contribution < -0.4 is 4.74 Å². The highest BCUT2D eigenvalue weighted by atomic mass is 16.5. The Labute approximate surface area is 183 Å². The number of aryl methyl sites for hydroxylation is 1. The maximum Gasteiger partial charge on any atom is 0.255 e. The van der Waals surface area contributed by atoms with Gasteiger partial charge in [0.2, 0.25) is 0 Å². The molecule has 3 atom stereocenters. The SMILES string of the molecule is Cc1ccc(-c2ncccn2)c(C(=O)N2C3CCC2[C@@H](COc2ccccc2)CC3)c1. The van der Waals surface area contributed by atoms with Crippen LogP contribution in [0.1, 0.15) is 41.6 Å². The van der Waals surface area contributed by atoms with E-state index in [0.717, 1.165) is 42.6 Å². The highest BCUT2D eigenvalue weighted by molar-refractivity contribution is 6.01. The van der Waals surface area contributed by atoms with Gasteiger partial charge in [-0.25, -0.2) is 9.97 Å². The molecule has 2 bridgehead atoms. The Balaban J connectivity index is 1.41. The molecule has 2 saturated heterocycles. The molecule has 0 spiro atoms. The van der Waals surface area contributed by atoms with Crippen molar-refractivity contribution in [3.63, 3.8) is 0 Å². The van der Waals surface area contributed by atoms with E-state index in [1.54, 1.807) is 18.5 Å². The van der Waals surface area contributed by atoms with Crippen LogP contribution in [0.5, 0.6) is 5.75 Å². The molecule has 31 heavy (non-hydrogen) atoms. The van der Waals surface area contributed by atoms with Gasteiger partial charge < -0.3 is 9.64 Å². The highest BCUT2D eigenvalue weighted by Gasteiger charge is 2.45. The average molecular weight is 414 g/mol. The number of ether oxygens (including phenoxy) is 1. The fourth-order valence-corrected chi connectivity index (χ4v) is 5.10. The molecule has 158 valence electrons. The highest BCUT2D eigenvalue weighted by Crippen LogP contribution is 2.41. The summed E-state index contributed by atoms with van der Waals surface area (Å²) in [4.78, 5) is 24.8. The molecule has 5 rings (SSSR count). The van der Waals surface area contributed by atoms with E-state index >= 15 is 0 Å². The summed E-state index contributed by atoms with van der Waals surface area (Å²) in [6, 6.07) is 18.2. The normalized spacial score (nSPS) is 22.4. The number of aromatic nitrogens is 2. The minimum atomic E-state index is 0.100. The third-order valence-corrected chi connectivity index (χ3v) is 6.62. The number of carbonyl (C=O) groups excluding carboxylic acids is 1. The first-order valence-corrected chi connectivity index (χ1v) is 11.1. The van der Waals surface area contributed by atoms with E-state index < -0.39 is 0 Å². The van der Waals surface area contributed by atoms with Crippen LogP contribution in [-0.4, -0.2) is 39.5 Å². The molecule has 2 aliphatic heterocycles. The van der Waals surface area contributed by atoms with Crippen molar-refractivity contribution < 1.29 is 9.53 Å². The lowest BCUT2D eigenvalue weighted by Gasteiger charge is -2.40. The molecule has 0 aliphatic carbocycles. The van der Waals surface area contributed by atoms with Crippen molar-refractivity contribution in [1.29, 1.82) is 0 Å². The average Bonchev–Trinajstić information content (AvgIpc) is 3.13. The number of piperidine rings is 1. The molecule has 1 aromatic heterocycles. The zero-order valence-electron chi connectivity index (χ0n) is 17.8. The number of hydrogen-bond donors (Lipinski definition) is 0. The molecule has 2 aromatic carbocycles. The summed E-state index contributed by atoms with van der Waals surface area (Å²) < 4.78 is 6.08. The van der Waals surface area contributed by atoms with Crippen molar-refractivity contribution in [3.05, 3.63) is 78.1 Å². The molecule has 0 N–H and O–H groups in total. The second-order valence-electron chi connectivity index (χ2n) is 8.59. The zero-order valence-corrected chi connectivity index (χ0v) is 17.8. The number of benzene rings is 2. The Morgan fingerprint density at radius 1 is 1.00 bits per heavy atom. The minimum Gasteiger partial charge on any atom is -0.493 e. The first-order valence-electron chi connectivity index (χ1n) is 11.1. The number of nitrogens with zero attached hydrogens (tertiary/aromatic N) is 3. The summed E-state index contributed by atoms with van der Waals surface area (Å²) in [6.07, 6.45) is 7.70. The van der Waals surface area contributed by atoms with Crippen LogP contribution in [0.25, 0.3) is 11.4 Å². The van der Waals surface area contributed by atoms with Crippen LogP contribution in [0.2, 0.25) is 0 Å². The van der Waals surface area contributed by atoms with Gasteiger partial charge in [-0.3, -0.25) is 4.79 Å². The van der Waals surface area contributed by atoms with Gasteiger partial charge in [0.15, 0.2) is 5.82 Å². The molecule has 1 amide bonds. The molecular formula is C26H27N3O2. The number of hydrogen-bond acceptors (Lipinski definition) is 4. The number of carbonyl (C=O) groups is 1. The van der Waals surface area contributed by atoms with Crippen LogP contribution in [0, 0.1) is 12.8 Å². The Morgan fingerprint density at radius 3 is 2.58 bits per heavy atom. The fraction of sp³-hybridized carbons (Fsp3) is 0.346. The van der Waals surface area contributed by atoms with Gasteiger partial charge in [-0.1, -0.05) is 35.9 Å². The third kappa shape index (κ3) is 3.92. The summed E-state index contributed by atoms with van der Waals surface area (Å²) in [5, 5.41) is 0. The second-order valence-corrected chi connectivity index (χ2v) is 8.59. The number of fused-ring (bicyclic) bond motifs is 2. The van der Waals surface area contributed by atoms with E-state index in [1.807, 2.05) is 55.5 Å². The van der Waals surface area contributed by atoms with Gasteiger partial charge in [-0.2, -0.15) is 0 Å². The van der Waals surface area contributed by atoms with Gasteiger partial charge >= 0.3 is 0 Å². The predicted molar refractivity (Wildman–Crippen MR) is 120 cm³/mol. The van der Waals surface area contributed by atoms with Gasteiger partial charge in [0, 0.05) is 36.0 Å². The molecule has 2 fully saturated rings. The first kappa shape index (κ1) is 19.7. The molecule has 3 heterocycles. The fourth-order valence-electron chi connectivity index (χ4n) is 5.10. The number of amides is 1. The first-order chi connectivity index (χ1) is 15.2. The standard InChI is InChI=1S/C26H27N3O2/c1-18-8-12-22(25-27-14-5-15-28-25)23(16-18)26(30)29-20-10-9-19(24(29)13-11-20)17-31-21-6-3-2-4-7-21/h2-8,12,14-16,19-20,24H,9-11,13,17H2,1H3/t19-,20?,24?/m1/s1. The number of rotatable bonds is 5. The zero-order chi connectivity index (χ0) is 21.2. The van der Waals surface area contributed by atoms with E-state index in [-0.39, 0.29) is 11.9 Å². The predicted octanol–water partition coefficient (Wildman–Crippen LogP) is 4.91. The van der Waals surface area contributed by atoms with Crippen molar-refractivity contribution in [2.24, 2.45) is 5.92 Å².